The molecule has 5 heteroatoms. The summed E-state index contributed by atoms with van der Waals surface area (Å²) in [5, 5.41) is 0. The number of nitrogens with zero attached hydrogens (tertiary/aromatic N) is 1. The third-order valence-electron chi connectivity index (χ3n) is 3.34. The molecule has 0 aliphatic heterocycles. The number of carbonyl (C=O) groups excluding carboxylic acids is 2. The molecule has 0 bridgehead atoms. The number of ether oxygens (including phenoxy) is 2. The van der Waals surface area contributed by atoms with Crippen LogP contribution in [0.15, 0.2) is 12.1 Å². The van der Waals surface area contributed by atoms with E-state index in [1.165, 1.54) is 0 Å². The Kier molecular flexibility index (Phi) is 6.21. The van der Waals surface area contributed by atoms with Gasteiger partial charge >= 0.3 is 6.09 Å². The summed E-state index contributed by atoms with van der Waals surface area (Å²) < 4.78 is 10.6. The van der Waals surface area contributed by atoms with Crippen LogP contribution in [0.4, 0.5) is 4.79 Å². The van der Waals surface area contributed by atoms with Gasteiger partial charge in [0.05, 0.1) is 12.7 Å². The molecule has 116 valence electrons. The SMILES string of the molecule is CCC(=O)c1cc(OC)c(C)cc1OC(=O)N(CC)CC. The van der Waals surface area contributed by atoms with E-state index < -0.39 is 6.09 Å². The molecule has 0 N–H and O–H groups in total. The van der Waals surface area contributed by atoms with Crippen molar-refractivity contribution in [3.8, 4) is 11.5 Å². The second kappa shape index (κ2) is 7.67. The van der Waals surface area contributed by atoms with Gasteiger partial charge < -0.3 is 14.4 Å². The lowest BCUT2D eigenvalue weighted by molar-refractivity contribution is 0.0984. The van der Waals surface area contributed by atoms with Crippen molar-refractivity contribution in [1.29, 1.82) is 0 Å². The number of rotatable bonds is 6. The molecular weight excluding hydrogens is 270 g/mol. The Morgan fingerprint density at radius 2 is 1.71 bits per heavy atom. The van der Waals surface area contributed by atoms with Crippen molar-refractivity contribution in [1.82, 2.24) is 4.90 Å². The predicted octanol–water partition coefficient (Wildman–Crippen LogP) is 3.44. The molecule has 0 aromatic heterocycles. The molecular formula is C16H23NO4. The van der Waals surface area contributed by atoms with E-state index in [-0.39, 0.29) is 11.5 Å². The van der Waals surface area contributed by atoms with E-state index in [2.05, 4.69) is 0 Å². The lowest BCUT2D eigenvalue weighted by Gasteiger charge is -2.19. The van der Waals surface area contributed by atoms with Crippen LogP contribution in [0.2, 0.25) is 0 Å². The molecule has 21 heavy (non-hydrogen) atoms. The van der Waals surface area contributed by atoms with Crippen molar-refractivity contribution in [3.63, 3.8) is 0 Å². The van der Waals surface area contributed by atoms with Gasteiger partial charge in [-0.1, -0.05) is 6.92 Å². The highest BCUT2D eigenvalue weighted by atomic mass is 16.6. The zero-order chi connectivity index (χ0) is 16.0. The number of ketones is 1. The predicted molar refractivity (Wildman–Crippen MR) is 81.3 cm³/mol. The lowest BCUT2D eigenvalue weighted by atomic mass is 10.0. The van der Waals surface area contributed by atoms with Crippen molar-refractivity contribution in [2.75, 3.05) is 20.2 Å². The Bertz CT molecular complexity index is 521. The standard InChI is InChI=1S/C16H23NO4/c1-6-13(18)12-10-14(20-5)11(4)9-15(12)21-16(19)17(7-2)8-3/h9-10H,6-8H2,1-5H3. The number of aryl methyl sites for hydroxylation is 1. The zero-order valence-corrected chi connectivity index (χ0v) is 13.4. The highest BCUT2D eigenvalue weighted by Gasteiger charge is 2.19. The molecule has 1 amide bonds. The summed E-state index contributed by atoms with van der Waals surface area (Å²) in [7, 11) is 1.55. The van der Waals surface area contributed by atoms with Gasteiger partial charge in [-0.15, -0.1) is 0 Å². The fourth-order valence-corrected chi connectivity index (χ4v) is 2.01. The summed E-state index contributed by atoms with van der Waals surface area (Å²) in [6.45, 7) is 8.48. The lowest BCUT2D eigenvalue weighted by Crippen LogP contribution is -2.33. The molecule has 0 unspecified atom stereocenters. The van der Waals surface area contributed by atoms with E-state index >= 15 is 0 Å². The highest BCUT2D eigenvalue weighted by molar-refractivity contribution is 5.99. The van der Waals surface area contributed by atoms with Crippen LogP contribution in [0, 0.1) is 6.92 Å². The molecule has 0 radical (unpaired) electrons. The number of Topliss-reactive ketones (excluding diaryl/α,β-unsaturated/α-hetero) is 1. The molecule has 0 atom stereocenters. The maximum Gasteiger partial charge on any atom is 0.415 e. The minimum atomic E-state index is -0.449. The number of amides is 1. The molecule has 0 heterocycles. The highest BCUT2D eigenvalue weighted by Crippen LogP contribution is 2.29. The van der Waals surface area contributed by atoms with Crippen molar-refractivity contribution < 1.29 is 19.1 Å². The fraction of sp³-hybridized carbons (Fsp3) is 0.500. The molecule has 0 aliphatic rings. The average Bonchev–Trinajstić information content (AvgIpc) is 2.48. The van der Waals surface area contributed by atoms with Gasteiger partial charge in [-0.2, -0.15) is 0 Å². The quantitative estimate of drug-likeness (QED) is 0.754. The van der Waals surface area contributed by atoms with Crippen molar-refractivity contribution >= 4 is 11.9 Å². The molecule has 0 saturated carbocycles. The monoisotopic (exact) mass is 293 g/mol. The van der Waals surface area contributed by atoms with Gasteiger partial charge in [-0.3, -0.25) is 4.79 Å². The van der Waals surface area contributed by atoms with Crippen LogP contribution < -0.4 is 9.47 Å². The Balaban J connectivity index is 3.18. The summed E-state index contributed by atoms with van der Waals surface area (Å²) in [6, 6.07) is 3.30. The molecule has 5 nitrogen and oxygen atoms in total. The molecule has 0 saturated heterocycles. The first kappa shape index (κ1) is 17.0. The van der Waals surface area contributed by atoms with E-state index in [9.17, 15) is 9.59 Å². The van der Waals surface area contributed by atoms with Gasteiger partial charge in [0.25, 0.3) is 0 Å². The van der Waals surface area contributed by atoms with Gasteiger partial charge in [0.15, 0.2) is 5.78 Å². The maximum atomic E-state index is 12.1. The number of methoxy groups -OCH3 is 1. The van der Waals surface area contributed by atoms with Crippen LogP contribution in [0.25, 0.3) is 0 Å². The Morgan fingerprint density at radius 3 is 2.19 bits per heavy atom. The average molecular weight is 293 g/mol. The van der Waals surface area contributed by atoms with E-state index in [1.54, 1.807) is 31.1 Å². The van der Waals surface area contributed by atoms with Gasteiger partial charge in [0, 0.05) is 19.5 Å². The maximum absolute atomic E-state index is 12.1. The third kappa shape index (κ3) is 3.97. The minimum Gasteiger partial charge on any atom is -0.496 e. The molecule has 0 aliphatic carbocycles. The summed E-state index contributed by atoms with van der Waals surface area (Å²) in [6.07, 6.45) is -0.114. The summed E-state index contributed by atoms with van der Waals surface area (Å²) in [5.41, 5.74) is 1.19. The first-order valence-corrected chi connectivity index (χ1v) is 7.16. The van der Waals surface area contributed by atoms with Crippen LogP contribution in [-0.4, -0.2) is 37.0 Å². The zero-order valence-electron chi connectivity index (χ0n) is 13.4. The summed E-state index contributed by atoms with van der Waals surface area (Å²) in [5.74, 6) is 0.808. The summed E-state index contributed by atoms with van der Waals surface area (Å²) >= 11 is 0. The third-order valence-corrected chi connectivity index (χ3v) is 3.34. The first-order valence-electron chi connectivity index (χ1n) is 7.16. The van der Waals surface area contributed by atoms with Gasteiger partial charge in [0.2, 0.25) is 0 Å². The van der Waals surface area contributed by atoms with Crippen molar-refractivity contribution in [3.05, 3.63) is 23.3 Å². The second-order valence-corrected chi connectivity index (χ2v) is 4.63. The van der Waals surface area contributed by atoms with E-state index in [0.29, 0.717) is 30.8 Å². The second-order valence-electron chi connectivity index (χ2n) is 4.63. The number of benzene rings is 1. The number of hydrogen-bond acceptors (Lipinski definition) is 4. The summed E-state index contributed by atoms with van der Waals surface area (Å²) in [4.78, 5) is 25.7. The Labute approximate surface area is 125 Å². The Hall–Kier alpha value is -2.04. The molecule has 0 fully saturated rings. The molecule has 1 rings (SSSR count). The van der Waals surface area contributed by atoms with Crippen molar-refractivity contribution in [2.24, 2.45) is 0 Å². The van der Waals surface area contributed by atoms with Gasteiger partial charge in [-0.25, -0.2) is 4.79 Å². The minimum absolute atomic E-state index is 0.0874. The van der Waals surface area contributed by atoms with Crippen molar-refractivity contribution in [2.45, 2.75) is 34.1 Å². The van der Waals surface area contributed by atoms with Gasteiger partial charge in [0.1, 0.15) is 11.5 Å². The molecule has 1 aromatic carbocycles. The van der Waals surface area contributed by atoms with Gasteiger partial charge in [-0.05, 0) is 38.5 Å². The topological polar surface area (TPSA) is 55.8 Å². The van der Waals surface area contributed by atoms with E-state index in [0.717, 1.165) is 5.56 Å². The normalized spacial score (nSPS) is 10.1. The molecule has 0 spiro atoms. The largest absolute Gasteiger partial charge is 0.496 e. The molecule has 1 aromatic rings. The Morgan fingerprint density at radius 1 is 1.10 bits per heavy atom. The smallest absolute Gasteiger partial charge is 0.415 e. The van der Waals surface area contributed by atoms with Crippen LogP contribution in [0.5, 0.6) is 11.5 Å². The van der Waals surface area contributed by atoms with Crippen LogP contribution in [0.3, 0.4) is 0 Å². The number of carbonyl (C=O) groups is 2. The van der Waals surface area contributed by atoms with Crippen LogP contribution in [-0.2, 0) is 0 Å². The fourth-order valence-electron chi connectivity index (χ4n) is 2.01. The van der Waals surface area contributed by atoms with E-state index in [1.807, 2.05) is 20.8 Å². The number of hydrogen-bond donors (Lipinski definition) is 0. The first-order chi connectivity index (χ1) is 9.98. The van der Waals surface area contributed by atoms with Crippen LogP contribution in [0.1, 0.15) is 43.1 Å². The van der Waals surface area contributed by atoms with E-state index in [4.69, 9.17) is 9.47 Å². The van der Waals surface area contributed by atoms with Crippen LogP contribution >= 0.6 is 0 Å².